The van der Waals surface area contributed by atoms with E-state index in [1.165, 1.54) is 5.56 Å². The summed E-state index contributed by atoms with van der Waals surface area (Å²) in [6.07, 6.45) is 3.35. The van der Waals surface area contributed by atoms with Gasteiger partial charge in [-0.1, -0.05) is 54.6 Å². The van der Waals surface area contributed by atoms with Gasteiger partial charge >= 0.3 is 0 Å². The van der Waals surface area contributed by atoms with E-state index in [-0.39, 0.29) is 5.91 Å². The summed E-state index contributed by atoms with van der Waals surface area (Å²) < 4.78 is 8.17. The maximum absolute atomic E-state index is 12.3. The highest BCUT2D eigenvalue weighted by atomic mass is 16.5. The lowest BCUT2D eigenvalue weighted by atomic mass is 10.1. The first-order chi connectivity index (χ1) is 15.6. The Labute approximate surface area is 188 Å². The van der Waals surface area contributed by atoms with Crippen LogP contribution in [0.2, 0.25) is 0 Å². The monoisotopic (exact) mass is 425 g/mol. The number of para-hydroxylation sites is 2. The number of rotatable bonds is 8. The summed E-state index contributed by atoms with van der Waals surface area (Å²) in [7, 11) is 0. The van der Waals surface area contributed by atoms with Gasteiger partial charge in [-0.05, 0) is 54.8 Å². The van der Waals surface area contributed by atoms with E-state index < -0.39 is 0 Å². The molecule has 0 radical (unpaired) electrons. The van der Waals surface area contributed by atoms with Gasteiger partial charge in [-0.3, -0.25) is 4.79 Å². The molecule has 0 fully saturated rings. The van der Waals surface area contributed by atoms with Crippen LogP contribution in [0.3, 0.4) is 0 Å². The molecule has 4 rings (SSSR count). The first-order valence-electron chi connectivity index (χ1n) is 10.8. The highest BCUT2D eigenvalue weighted by molar-refractivity contribution is 5.91. The minimum absolute atomic E-state index is 0.154. The lowest BCUT2D eigenvalue weighted by Gasteiger charge is -2.13. The minimum Gasteiger partial charge on any atom is -0.491 e. The molecule has 0 saturated carbocycles. The number of fused-ring (bicyclic) bond motifs is 1. The first kappa shape index (κ1) is 21.4. The molecule has 162 valence electrons. The van der Waals surface area contributed by atoms with E-state index >= 15 is 0 Å². The lowest BCUT2D eigenvalue weighted by molar-refractivity contribution is -0.116. The van der Waals surface area contributed by atoms with E-state index in [1.54, 1.807) is 12.2 Å². The van der Waals surface area contributed by atoms with Crippen molar-refractivity contribution in [3.8, 4) is 5.75 Å². The Hall–Kier alpha value is -3.86. The van der Waals surface area contributed by atoms with E-state index in [9.17, 15) is 4.79 Å². The zero-order valence-electron chi connectivity index (χ0n) is 18.4. The largest absolute Gasteiger partial charge is 0.491 e. The molecule has 3 aromatic carbocycles. The van der Waals surface area contributed by atoms with Gasteiger partial charge in [0.2, 0.25) is 5.91 Å². The molecule has 0 bridgehead atoms. The summed E-state index contributed by atoms with van der Waals surface area (Å²) >= 11 is 0. The van der Waals surface area contributed by atoms with Crippen LogP contribution < -0.4 is 10.1 Å². The molecular weight excluding hydrogens is 398 g/mol. The minimum atomic E-state index is -0.154. The molecule has 5 nitrogen and oxygen atoms in total. The van der Waals surface area contributed by atoms with E-state index in [0.29, 0.717) is 19.7 Å². The number of hydrogen-bond acceptors (Lipinski definition) is 3. The van der Waals surface area contributed by atoms with Crippen LogP contribution in [-0.4, -0.2) is 22.1 Å². The Morgan fingerprint density at radius 3 is 2.66 bits per heavy atom. The van der Waals surface area contributed by atoms with Gasteiger partial charge in [-0.25, -0.2) is 4.98 Å². The van der Waals surface area contributed by atoms with Crippen LogP contribution in [0.4, 0.5) is 0 Å². The van der Waals surface area contributed by atoms with Gasteiger partial charge in [-0.15, -0.1) is 0 Å². The zero-order chi connectivity index (χ0) is 22.3. The van der Waals surface area contributed by atoms with Gasteiger partial charge < -0.3 is 14.6 Å². The second kappa shape index (κ2) is 9.96. The smallest absolute Gasteiger partial charge is 0.244 e. The Kier molecular flexibility index (Phi) is 6.66. The second-order valence-electron chi connectivity index (χ2n) is 7.75. The standard InChI is InChI=1S/C27H27N3O2/c1-20-12-13-21(2)25(18-20)32-17-16-30-24-11-7-6-10-23(24)29-26(30)19-28-27(31)15-14-22-8-4-3-5-9-22/h3-15,18H,16-17,19H2,1-2H3,(H,28,31)/b15-14-. The lowest BCUT2D eigenvalue weighted by Crippen LogP contribution is -2.23. The second-order valence-corrected chi connectivity index (χ2v) is 7.75. The van der Waals surface area contributed by atoms with Crippen LogP contribution in [0, 0.1) is 13.8 Å². The molecule has 1 N–H and O–H groups in total. The number of aryl methyl sites for hydroxylation is 2. The number of ether oxygens (including phenoxy) is 1. The maximum Gasteiger partial charge on any atom is 0.244 e. The molecule has 0 spiro atoms. The molecule has 0 atom stereocenters. The Bertz CT molecular complexity index is 1240. The van der Waals surface area contributed by atoms with Crippen LogP contribution >= 0.6 is 0 Å². The van der Waals surface area contributed by atoms with Gasteiger partial charge in [0, 0.05) is 6.08 Å². The predicted octanol–water partition coefficient (Wildman–Crippen LogP) is 5.06. The van der Waals surface area contributed by atoms with Crippen LogP contribution in [-0.2, 0) is 17.9 Å². The fraction of sp³-hybridized carbons (Fsp3) is 0.185. The van der Waals surface area contributed by atoms with Gasteiger partial charge in [0.15, 0.2) is 0 Å². The Balaban J connectivity index is 1.44. The Morgan fingerprint density at radius 2 is 1.81 bits per heavy atom. The normalized spacial score (nSPS) is 11.2. The highest BCUT2D eigenvalue weighted by Crippen LogP contribution is 2.20. The average Bonchev–Trinajstić information content (AvgIpc) is 3.17. The van der Waals surface area contributed by atoms with E-state index in [2.05, 4.69) is 35.0 Å². The zero-order valence-corrected chi connectivity index (χ0v) is 18.4. The van der Waals surface area contributed by atoms with Crippen molar-refractivity contribution in [2.45, 2.75) is 26.9 Å². The van der Waals surface area contributed by atoms with Gasteiger partial charge in [0.05, 0.1) is 24.1 Å². The average molecular weight is 426 g/mol. The van der Waals surface area contributed by atoms with Crippen LogP contribution in [0.15, 0.2) is 78.9 Å². The molecule has 0 saturated heterocycles. The molecule has 1 aromatic heterocycles. The van der Waals surface area contributed by atoms with Crippen LogP contribution in [0.25, 0.3) is 17.1 Å². The van der Waals surface area contributed by atoms with Crippen molar-refractivity contribution in [1.29, 1.82) is 0 Å². The number of imidazole rings is 1. The maximum atomic E-state index is 12.3. The fourth-order valence-corrected chi connectivity index (χ4v) is 3.58. The van der Waals surface area contributed by atoms with Crippen molar-refractivity contribution in [1.82, 2.24) is 14.9 Å². The van der Waals surface area contributed by atoms with E-state index in [4.69, 9.17) is 9.72 Å². The Morgan fingerprint density at radius 1 is 1.03 bits per heavy atom. The molecule has 1 heterocycles. The SMILES string of the molecule is Cc1ccc(C)c(OCCn2c(CNC(=O)/C=C\c3ccccc3)nc3ccccc32)c1. The van der Waals surface area contributed by atoms with Gasteiger partial charge in [-0.2, -0.15) is 0 Å². The predicted molar refractivity (Wildman–Crippen MR) is 128 cm³/mol. The summed E-state index contributed by atoms with van der Waals surface area (Å²) in [5.74, 6) is 1.55. The number of carbonyl (C=O) groups is 1. The number of amides is 1. The molecule has 1 amide bonds. The topological polar surface area (TPSA) is 56.1 Å². The van der Waals surface area contributed by atoms with Crippen LogP contribution in [0.5, 0.6) is 5.75 Å². The third-order valence-corrected chi connectivity index (χ3v) is 5.30. The van der Waals surface area contributed by atoms with Crippen molar-refractivity contribution in [3.05, 3.63) is 101 Å². The third kappa shape index (κ3) is 5.24. The summed E-state index contributed by atoms with van der Waals surface area (Å²) in [6, 6.07) is 24.0. The van der Waals surface area contributed by atoms with Gasteiger partial charge in [0.25, 0.3) is 0 Å². The number of nitrogens with zero attached hydrogens (tertiary/aromatic N) is 2. The molecule has 0 unspecified atom stereocenters. The molecule has 0 aliphatic heterocycles. The number of benzene rings is 3. The van der Waals surface area contributed by atoms with Crippen molar-refractivity contribution in [2.24, 2.45) is 0 Å². The summed E-state index contributed by atoms with van der Waals surface area (Å²) in [5, 5.41) is 2.95. The molecule has 0 aliphatic carbocycles. The fourth-order valence-electron chi connectivity index (χ4n) is 3.58. The summed E-state index contributed by atoms with van der Waals surface area (Å²) in [5.41, 5.74) is 5.21. The van der Waals surface area contributed by atoms with Crippen molar-refractivity contribution in [2.75, 3.05) is 6.61 Å². The first-order valence-corrected chi connectivity index (χ1v) is 10.8. The molecule has 4 aromatic rings. The van der Waals surface area contributed by atoms with Crippen LogP contribution in [0.1, 0.15) is 22.5 Å². The summed E-state index contributed by atoms with van der Waals surface area (Å²) in [4.78, 5) is 17.1. The number of carbonyl (C=O) groups excluding carboxylic acids is 1. The van der Waals surface area contributed by atoms with Gasteiger partial charge in [0.1, 0.15) is 18.2 Å². The van der Waals surface area contributed by atoms with E-state index in [1.807, 2.05) is 61.5 Å². The van der Waals surface area contributed by atoms with Crippen molar-refractivity contribution >= 4 is 23.0 Å². The van der Waals surface area contributed by atoms with Crippen molar-refractivity contribution in [3.63, 3.8) is 0 Å². The number of hydrogen-bond donors (Lipinski definition) is 1. The van der Waals surface area contributed by atoms with E-state index in [0.717, 1.165) is 33.7 Å². The third-order valence-electron chi connectivity index (χ3n) is 5.30. The number of nitrogens with one attached hydrogen (secondary N) is 1. The molecular formula is C27H27N3O2. The quantitative estimate of drug-likeness (QED) is 0.402. The molecule has 32 heavy (non-hydrogen) atoms. The molecule has 0 aliphatic rings. The number of aromatic nitrogens is 2. The van der Waals surface area contributed by atoms with Crippen molar-refractivity contribution < 1.29 is 9.53 Å². The highest BCUT2D eigenvalue weighted by Gasteiger charge is 2.11. The summed E-state index contributed by atoms with van der Waals surface area (Å²) in [6.45, 7) is 5.60. The molecule has 5 heteroatoms.